The van der Waals surface area contributed by atoms with Gasteiger partial charge in [0.05, 0.1) is 5.56 Å². The minimum absolute atomic E-state index is 0.191. The third-order valence-electron chi connectivity index (χ3n) is 3.61. The summed E-state index contributed by atoms with van der Waals surface area (Å²) in [6, 6.07) is 11.3. The molecule has 102 valence electrons. The average molecular weight is 268 g/mol. The molecule has 1 heterocycles. The zero-order chi connectivity index (χ0) is 14.3. The van der Waals surface area contributed by atoms with Gasteiger partial charge in [-0.05, 0) is 48.7 Å². The van der Waals surface area contributed by atoms with Crippen molar-refractivity contribution in [3.05, 3.63) is 53.1 Å². The van der Waals surface area contributed by atoms with Crippen molar-refractivity contribution in [2.24, 2.45) is 0 Å². The molecule has 3 heteroatoms. The Hall–Kier alpha value is -2.29. The van der Waals surface area contributed by atoms with Crippen LogP contribution in [0.3, 0.4) is 0 Å². The van der Waals surface area contributed by atoms with Gasteiger partial charge in [0.25, 0.3) is 0 Å². The predicted molar refractivity (Wildman–Crippen MR) is 77.4 cm³/mol. The smallest absolute Gasteiger partial charge is 0.336 e. The van der Waals surface area contributed by atoms with Gasteiger partial charge in [-0.15, -0.1) is 0 Å². The molecule has 0 aliphatic carbocycles. The molecule has 1 N–H and O–H groups in total. The zero-order valence-corrected chi connectivity index (χ0v) is 11.5. The molecule has 20 heavy (non-hydrogen) atoms. The van der Waals surface area contributed by atoms with E-state index in [0.29, 0.717) is 5.56 Å². The van der Waals surface area contributed by atoms with E-state index in [2.05, 4.69) is 0 Å². The first-order valence-corrected chi connectivity index (χ1v) is 6.68. The van der Waals surface area contributed by atoms with Crippen LogP contribution in [0.1, 0.15) is 28.4 Å². The highest BCUT2D eigenvalue weighted by Crippen LogP contribution is 2.34. The number of hydrogen-bond donors (Lipinski definition) is 1. The minimum atomic E-state index is -0.898. The van der Waals surface area contributed by atoms with Crippen molar-refractivity contribution in [2.45, 2.75) is 26.4 Å². The van der Waals surface area contributed by atoms with E-state index in [1.165, 1.54) is 0 Å². The zero-order valence-electron chi connectivity index (χ0n) is 11.5. The van der Waals surface area contributed by atoms with Gasteiger partial charge in [0.15, 0.2) is 0 Å². The lowest BCUT2D eigenvalue weighted by Crippen LogP contribution is -2.05. The lowest BCUT2D eigenvalue weighted by molar-refractivity contribution is 0.0697. The largest absolute Gasteiger partial charge is 0.490 e. The van der Waals surface area contributed by atoms with Crippen molar-refractivity contribution in [1.82, 2.24) is 0 Å². The predicted octanol–water partition coefficient (Wildman–Crippen LogP) is 3.68. The van der Waals surface area contributed by atoms with E-state index in [-0.39, 0.29) is 6.10 Å². The molecule has 0 bridgehead atoms. The van der Waals surface area contributed by atoms with Crippen LogP contribution >= 0.6 is 0 Å². The fourth-order valence-electron chi connectivity index (χ4n) is 2.67. The minimum Gasteiger partial charge on any atom is -0.490 e. The van der Waals surface area contributed by atoms with Crippen LogP contribution in [0.15, 0.2) is 36.4 Å². The summed E-state index contributed by atoms with van der Waals surface area (Å²) in [6.45, 7) is 4.00. The molecule has 3 rings (SSSR count). The van der Waals surface area contributed by atoms with Crippen LogP contribution in [0.25, 0.3) is 11.1 Å². The molecule has 0 saturated heterocycles. The molecule has 0 spiro atoms. The van der Waals surface area contributed by atoms with E-state index in [1.54, 1.807) is 6.07 Å². The lowest BCUT2D eigenvalue weighted by Gasteiger charge is -2.09. The Labute approximate surface area is 117 Å². The summed E-state index contributed by atoms with van der Waals surface area (Å²) in [7, 11) is 0. The van der Waals surface area contributed by atoms with E-state index in [4.69, 9.17) is 4.74 Å². The van der Waals surface area contributed by atoms with Crippen LogP contribution in [-0.4, -0.2) is 17.2 Å². The number of rotatable bonds is 2. The van der Waals surface area contributed by atoms with Crippen molar-refractivity contribution in [2.75, 3.05) is 0 Å². The number of fused-ring (bicyclic) bond motifs is 1. The molecule has 1 aliphatic rings. The number of benzene rings is 2. The normalized spacial score (nSPS) is 16.6. The van der Waals surface area contributed by atoms with E-state index in [9.17, 15) is 9.90 Å². The Kier molecular flexibility index (Phi) is 2.97. The average Bonchev–Trinajstić information content (AvgIpc) is 2.77. The molecule has 2 aromatic rings. The summed E-state index contributed by atoms with van der Waals surface area (Å²) in [5.74, 6) is 0.0101. The first kappa shape index (κ1) is 12.7. The standard InChI is InChI=1S/C17H16O3/c1-10-3-5-14(17(18)19)15(7-10)12-4-6-16-13(9-12)8-11(2)20-16/h3-7,9,11H,8H2,1-2H3,(H,18,19). The molecule has 1 aliphatic heterocycles. The molecule has 0 saturated carbocycles. The number of carbonyl (C=O) groups is 1. The van der Waals surface area contributed by atoms with Crippen LogP contribution in [0.2, 0.25) is 0 Å². The number of aryl methyl sites for hydroxylation is 1. The van der Waals surface area contributed by atoms with Gasteiger partial charge in [0.2, 0.25) is 0 Å². The first-order chi connectivity index (χ1) is 9.54. The Morgan fingerprint density at radius 1 is 1.25 bits per heavy atom. The van der Waals surface area contributed by atoms with Crippen molar-refractivity contribution < 1.29 is 14.6 Å². The SMILES string of the molecule is Cc1ccc(C(=O)O)c(-c2ccc3c(c2)CC(C)O3)c1. The Bertz CT molecular complexity index is 689. The van der Waals surface area contributed by atoms with Crippen LogP contribution in [0, 0.1) is 6.92 Å². The van der Waals surface area contributed by atoms with Crippen LogP contribution in [0.4, 0.5) is 0 Å². The van der Waals surface area contributed by atoms with Crippen molar-refractivity contribution in [3.8, 4) is 16.9 Å². The van der Waals surface area contributed by atoms with Crippen LogP contribution < -0.4 is 4.74 Å². The van der Waals surface area contributed by atoms with Gasteiger partial charge < -0.3 is 9.84 Å². The molecule has 3 nitrogen and oxygen atoms in total. The summed E-state index contributed by atoms with van der Waals surface area (Å²) in [5, 5.41) is 9.33. The van der Waals surface area contributed by atoms with Gasteiger partial charge in [0, 0.05) is 6.42 Å². The highest BCUT2D eigenvalue weighted by molar-refractivity contribution is 5.96. The molecule has 0 radical (unpaired) electrons. The summed E-state index contributed by atoms with van der Waals surface area (Å²) >= 11 is 0. The molecule has 0 fully saturated rings. The second-order valence-corrected chi connectivity index (χ2v) is 5.31. The lowest BCUT2D eigenvalue weighted by atomic mass is 9.95. The van der Waals surface area contributed by atoms with Crippen molar-refractivity contribution >= 4 is 5.97 Å². The van der Waals surface area contributed by atoms with Gasteiger partial charge in [-0.25, -0.2) is 4.79 Å². The number of aromatic carboxylic acids is 1. The second kappa shape index (κ2) is 4.67. The Morgan fingerprint density at radius 2 is 2.05 bits per heavy atom. The van der Waals surface area contributed by atoms with E-state index in [0.717, 1.165) is 34.4 Å². The molecule has 1 atom stereocenters. The maximum Gasteiger partial charge on any atom is 0.336 e. The van der Waals surface area contributed by atoms with Crippen molar-refractivity contribution in [3.63, 3.8) is 0 Å². The van der Waals surface area contributed by atoms with Gasteiger partial charge in [-0.1, -0.05) is 23.8 Å². The van der Waals surface area contributed by atoms with Crippen LogP contribution in [0.5, 0.6) is 5.75 Å². The van der Waals surface area contributed by atoms with Gasteiger partial charge in [-0.2, -0.15) is 0 Å². The van der Waals surface area contributed by atoms with Gasteiger partial charge in [0.1, 0.15) is 11.9 Å². The topological polar surface area (TPSA) is 46.5 Å². The fourth-order valence-corrected chi connectivity index (χ4v) is 2.67. The molecule has 2 aromatic carbocycles. The van der Waals surface area contributed by atoms with E-state index in [1.807, 2.05) is 44.2 Å². The van der Waals surface area contributed by atoms with Crippen molar-refractivity contribution in [1.29, 1.82) is 0 Å². The quantitative estimate of drug-likeness (QED) is 0.903. The maximum atomic E-state index is 11.4. The molecular weight excluding hydrogens is 252 g/mol. The van der Waals surface area contributed by atoms with E-state index >= 15 is 0 Å². The first-order valence-electron chi connectivity index (χ1n) is 6.68. The molecule has 0 amide bonds. The summed E-state index contributed by atoms with van der Waals surface area (Å²) < 4.78 is 5.68. The fraction of sp³-hybridized carbons (Fsp3) is 0.235. The summed E-state index contributed by atoms with van der Waals surface area (Å²) in [5.41, 5.74) is 4.23. The number of carboxylic acid groups (broad SMARTS) is 1. The Morgan fingerprint density at radius 3 is 2.80 bits per heavy atom. The van der Waals surface area contributed by atoms with Crippen LogP contribution in [-0.2, 0) is 6.42 Å². The summed E-state index contributed by atoms with van der Waals surface area (Å²) in [4.78, 5) is 11.4. The highest BCUT2D eigenvalue weighted by atomic mass is 16.5. The second-order valence-electron chi connectivity index (χ2n) is 5.31. The third kappa shape index (κ3) is 2.16. The van der Waals surface area contributed by atoms with E-state index < -0.39 is 5.97 Å². The number of hydrogen-bond acceptors (Lipinski definition) is 2. The Balaban J connectivity index is 2.12. The molecule has 1 unspecified atom stereocenters. The maximum absolute atomic E-state index is 11.4. The van der Waals surface area contributed by atoms with Gasteiger partial charge in [-0.3, -0.25) is 0 Å². The summed E-state index contributed by atoms with van der Waals surface area (Å²) in [6.07, 6.45) is 1.06. The third-order valence-corrected chi connectivity index (χ3v) is 3.61. The molecule has 0 aromatic heterocycles. The highest BCUT2D eigenvalue weighted by Gasteiger charge is 2.20. The van der Waals surface area contributed by atoms with Gasteiger partial charge >= 0.3 is 5.97 Å². The monoisotopic (exact) mass is 268 g/mol. The molecular formula is C17H16O3. The number of carboxylic acids is 1. The number of ether oxygens (including phenoxy) is 1.